The zero-order chi connectivity index (χ0) is 7.61. The van der Waals surface area contributed by atoms with Crippen LogP contribution in [0.25, 0.3) is 0 Å². The molecule has 1 nitrogen and oxygen atoms in total. The standard InChI is InChI=1S/C9H14O/c1-4-8(3)9(5-2)6-10-7-9/h1,8H,5-7H2,2-3H3. The van der Waals surface area contributed by atoms with Crippen LogP contribution in [-0.4, -0.2) is 13.2 Å². The first kappa shape index (κ1) is 7.63. The van der Waals surface area contributed by atoms with Crippen molar-refractivity contribution in [2.45, 2.75) is 20.3 Å². The normalized spacial score (nSPS) is 24.5. The maximum atomic E-state index is 5.34. The van der Waals surface area contributed by atoms with E-state index in [1.807, 2.05) is 0 Å². The summed E-state index contributed by atoms with van der Waals surface area (Å²) in [4.78, 5) is 0. The van der Waals surface area contributed by atoms with Crippen molar-refractivity contribution < 1.29 is 4.74 Å². The smallest absolute Gasteiger partial charge is 0.0556 e. The van der Waals surface area contributed by atoms with Crippen LogP contribution in [0.15, 0.2) is 0 Å². The third-order valence-electron chi connectivity index (χ3n) is 2.65. The SMILES string of the molecule is C#CC(C)C1(CC)COC1. The molecule has 1 atom stereocenters. The van der Waals surface area contributed by atoms with Crippen molar-refractivity contribution in [2.75, 3.05) is 13.2 Å². The Bertz CT molecular complexity index is 145. The summed E-state index contributed by atoms with van der Waals surface area (Å²) < 4.78 is 5.16. The molecular formula is C9H14O. The Hall–Kier alpha value is -0.480. The molecule has 1 unspecified atom stereocenters. The first-order valence-corrected chi connectivity index (χ1v) is 3.79. The van der Waals surface area contributed by atoms with E-state index in [1.54, 1.807) is 0 Å². The fourth-order valence-corrected chi connectivity index (χ4v) is 1.30. The Morgan fingerprint density at radius 2 is 2.30 bits per heavy atom. The van der Waals surface area contributed by atoms with Crippen molar-refractivity contribution in [3.05, 3.63) is 0 Å². The third kappa shape index (κ3) is 0.932. The Morgan fingerprint density at radius 3 is 2.40 bits per heavy atom. The molecule has 0 N–H and O–H groups in total. The molecule has 1 heteroatoms. The van der Waals surface area contributed by atoms with Gasteiger partial charge in [-0.2, -0.15) is 0 Å². The van der Waals surface area contributed by atoms with Crippen molar-refractivity contribution in [3.8, 4) is 12.3 Å². The maximum absolute atomic E-state index is 5.34. The highest BCUT2D eigenvalue weighted by molar-refractivity contribution is 5.03. The minimum atomic E-state index is 0.314. The molecule has 0 bridgehead atoms. The van der Waals surface area contributed by atoms with Crippen LogP contribution < -0.4 is 0 Å². The quantitative estimate of drug-likeness (QED) is 0.527. The lowest BCUT2D eigenvalue weighted by Gasteiger charge is -2.43. The van der Waals surface area contributed by atoms with Gasteiger partial charge in [-0.25, -0.2) is 0 Å². The summed E-state index contributed by atoms with van der Waals surface area (Å²) in [5.74, 6) is 3.15. The van der Waals surface area contributed by atoms with Crippen LogP contribution in [0.4, 0.5) is 0 Å². The average molecular weight is 138 g/mol. The van der Waals surface area contributed by atoms with E-state index in [0.29, 0.717) is 11.3 Å². The second-order valence-electron chi connectivity index (χ2n) is 3.10. The second kappa shape index (κ2) is 2.64. The Kier molecular flexibility index (Phi) is 2.01. The molecule has 56 valence electrons. The summed E-state index contributed by atoms with van der Waals surface area (Å²) in [7, 11) is 0. The first-order valence-electron chi connectivity index (χ1n) is 3.79. The number of ether oxygens (including phenoxy) is 1. The molecule has 1 heterocycles. The van der Waals surface area contributed by atoms with Gasteiger partial charge in [0.1, 0.15) is 0 Å². The van der Waals surface area contributed by atoms with Crippen LogP contribution in [0.3, 0.4) is 0 Å². The molecule has 0 aliphatic carbocycles. The predicted molar refractivity (Wildman–Crippen MR) is 41.5 cm³/mol. The van der Waals surface area contributed by atoms with Gasteiger partial charge in [0.25, 0.3) is 0 Å². The van der Waals surface area contributed by atoms with Gasteiger partial charge >= 0.3 is 0 Å². The summed E-state index contributed by atoms with van der Waals surface area (Å²) in [6.07, 6.45) is 6.47. The lowest BCUT2D eigenvalue weighted by Crippen LogP contribution is -2.46. The highest BCUT2D eigenvalue weighted by Crippen LogP contribution is 2.38. The molecule has 10 heavy (non-hydrogen) atoms. The molecule has 0 spiro atoms. The Labute approximate surface area is 62.8 Å². The van der Waals surface area contributed by atoms with E-state index in [9.17, 15) is 0 Å². The number of terminal acetylenes is 1. The lowest BCUT2D eigenvalue weighted by atomic mass is 9.73. The molecule has 1 aliphatic heterocycles. The molecule has 1 saturated heterocycles. The maximum Gasteiger partial charge on any atom is 0.0556 e. The fraction of sp³-hybridized carbons (Fsp3) is 0.778. The van der Waals surface area contributed by atoms with Crippen molar-refractivity contribution in [3.63, 3.8) is 0 Å². The van der Waals surface area contributed by atoms with Gasteiger partial charge in [0.15, 0.2) is 0 Å². The van der Waals surface area contributed by atoms with Crippen molar-refractivity contribution >= 4 is 0 Å². The van der Waals surface area contributed by atoms with Gasteiger partial charge in [-0.3, -0.25) is 0 Å². The molecule has 1 rings (SSSR count). The zero-order valence-corrected chi connectivity index (χ0v) is 6.68. The largest absolute Gasteiger partial charge is 0.380 e. The summed E-state index contributed by atoms with van der Waals surface area (Å²) >= 11 is 0. The summed E-state index contributed by atoms with van der Waals surface area (Å²) in [5.41, 5.74) is 0.314. The Morgan fingerprint density at radius 1 is 1.70 bits per heavy atom. The fourth-order valence-electron chi connectivity index (χ4n) is 1.30. The van der Waals surface area contributed by atoms with E-state index in [1.165, 1.54) is 0 Å². The van der Waals surface area contributed by atoms with Crippen LogP contribution in [0.2, 0.25) is 0 Å². The van der Waals surface area contributed by atoms with Crippen molar-refractivity contribution in [1.82, 2.24) is 0 Å². The molecule has 0 amide bonds. The predicted octanol–water partition coefficient (Wildman–Crippen LogP) is 1.68. The number of rotatable bonds is 2. The van der Waals surface area contributed by atoms with Gasteiger partial charge < -0.3 is 4.74 Å². The Balaban J connectivity index is 2.57. The van der Waals surface area contributed by atoms with Gasteiger partial charge in [0.2, 0.25) is 0 Å². The lowest BCUT2D eigenvalue weighted by molar-refractivity contribution is -0.132. The van der Waals surface area contributed by atoms with Crippen molar-refractivity contribution in [2.24, 2.45) is 11.3 Å². The summed E-state index contributed by atoms with van der Waals surface area (Å²) in [5, 5.41) is 0. The minimum Gasteiger partial charge on any atom is -0.380 e. The molecule has 1 fully saturated rings. The van der Waals surface area contributed by atoms with Gasteiger partial charge in [-0.1, -0.05) is 13.8 Å². The molecule has 0 aromatic rings. The second-order valence-corrected chi connectivity index (χ2v) is 3.10. The van der Waals surface area contributed by atoms with Crippen LogP contribution >= 0.6 is 0 Å². The number of hydrogen-bond acceptors (Lipinski definition) is 1. The molecule has 0 radical (unpaired) electrons. The van der Waals surface area contributed by atoms with E-state index in [4.69, 9.17) is 11.2 Å². The molecule has 0 aromatic carbocycles. The van der Waals surface area contributed by atoms with E-state index in [0.717, 1.165) is 19.6 Å². The van der Waals surface area contributed by atoms with Crippen LogP contribution in [-0.2, 0) is 4.74 Å². The third-order valence-corrected chi connectivity index (χ3v) is 2.65. The van der Waals surface area contributed by atoms with E-state index in [-0.39, 0.29) is 0 Å². The molecule has 1 aliphatic rings. The zero-order valence-electron chi connectivity index (χ0n) is 6.68. The van der Waals surface area contributed by atoms with Gasteiger partial charge in [0.05, 0.1) is 13.2 Å². The van der Waals surface area contributed by atoms with Gasteiger partial charge in [-0.05, 0) is 6.42 Å². The van der Waals surface area contributed by atoms with Gasteiger partial charge in [0, 0.05) is 11.3 Å². The van der Waals surface area contributed by atoms with E-state index < -0.39 is 0 Å². The van der Waals surface area contributed by atoms with Crippen LogP contribution in [0.5, 0.6) is 0 Å². The molecule has 0 aromatic heterocycles. The van der Waals surface area contributed by atoms with E-state index in [2.05, 4.69) is 19.8 Å². The van der Waals surface area contributed by atoms with Crippen LogP contribution in [0, 0.1) is 23.7 Å². The number of hydrogen-bond donors (Lipinski definition) is 0. The highest BCUT2D eigenvalue weighted by atomic mass is 16.5. The monoisotopic (exact) mass is 138 g/mol. The summed E-state index contributed by atoms with van der Waals surface area (Å²) in [6, 6.07) is 0. The average Bonchev–Trinajstić information content (AvgIpc) is 1.86. The molecule has 0 saturated carbocycles. The summed E-state index contributed by atoms with van der Waals surface area (Å²) in [6.45, 7) is 5.99. The highest BCUT2D eigenvalue weighted by Gasteiger charge is 2.40. The van der Waals surface area contributed by atoms with Gasteiger partial charge in [-0.15, -0.1) is 12.3 Å². The topological polar surface area (TPSA) is 9.23 Å². The van der Waals surface area contributed by atoms with Crippen molar-refractivity contribution in [1.29, 1.82) is 0 Å². The first-order chi connectivity index (χ1) is 4.75. The minimum absolute atomic E-state index is 0.314. The van der Waals surface area contributed by atoms with E-state index >= 15 is 0 Å². The molecular weight excluding hydrogens is 124 g/mol. The van der Waals surface area contributed by atoms with Crippen LogP contribution in [0.1, 0.15) is 20.3 Å².